The van der Waals surface area contributed by atoms with Gasteiger partial charge in [-0.05, 0) is 71.5 Å². The van der Waals surface area contributed by atoms with E-state index in [0.717, 1.165) is 38.9 Å². The first-order chi connectivity index (χ1) is 16.1. The van der Waals surface area contributed by atoms with Crippen LogP contribution in [0.5, 0.6) is 0 Å². The summed E-state index contributed by atoms with van der Waals surface area (Å²) in [6.07, 6.45) is 5.24. The highest BCUT2D eigenvalue weighted by atomic mass is 35.5. The summed E-state index contributed by atoms with van der Waals surface area (Å²) >= 11 is 6.10. The summed E-state index contributed by atoms with van der Waals surface area (Å²) in [5.74, 6) is -0.379. The Kier molecular flexibility index (Phi) is 7.18. The number of esters is 1. The Labute approximate surface area is 198 Å². The van der Waals surface area contributed by atoms with Crippen molar-refractivity contribution in [1.29, 1.82) is 0 Å². The van der Waals surface area contributed by atoms with Gasteiger partial charge in [-0.1, -0.05) is 60.1 Å². The van der Waals surface area contributed by atoms with E-state index in [1.165, 1.54) is 7.11 Å². The predicted molar refractivity (Wildman–Crippen MR) is 134 cm³/mol. The molecule has 0 unspecified atom stereocenters. The summed E-state index contributed by atoms with van der Waals surface area (Å²) in [4.78, 5) is 17.1. The van der Waals surface area contributed by atoms with Crippen molar-refractivity contribution in [3.05, 3.63) is 100 Å². The fraction of sp³-hybridized carbons (Fsp3) is 0.143. The molecule has 4 nitrogen and oxygen atoms in total. The van der Waals surface area contributed by atoms with E-state index < -0.39 is 0 Å². The second kappa shape index (κ2) is 10.4. The lowest BCUT2D eigenvalue weighted by Crippen LogP contribution is -2.06. The smallest absolute Gasteiger partial charge is 0.338 e. The van der Waals surface area contributed by atoms with E-state index in [-0.39, 0.29) is 12.6 Å². The Hall–Kier alpha value is -3.47. The summed E-state index contributed by atoms with van der Waals surface area (Å²) in [5.41, 5.74) is 5.93. The standard InChI is InChI=1S/C28H24ClNO3/c1-33-28(32)25-9-3-6-21(8-4-16-31)27(25)22-7-2-5-19(17-22)10-14-24-15-12-20-11-13-23(29)18-26(20)30-24/h2-3,5-7,9-15,17-18,31H,4,8,16H2,1H3. The van der Waals surface area contributed by atoms with Gasteiger partial charge in [0.25, 0.3) is 0 Å². The monoisotopic (exact) mass is 457 g/mol. The van der Waals surface area contributed by atoms with Crippen molar-refractivity contribution < 1.29 is 14.6 Å². The molecule has 0 bridgehead atoms. The molecule has 4 aromatic rings. The van der Waals surface area contributed by atoms with Crippen molar-refractivity contribution in [1.82, 2.24) is 4.98 Å². The fourth-order valence-corrected chi connectivity index (χ4v) is 4.04. The molecule has 1 aromatic heterocycles. The van der Waals surface area contributed by atoms with Crippen molar-refractivity contribution in [3.8, 4) is 11.1 Å². The highest BCUT2D eigenvalue weighted by Gasteiger charge is 2.17. The van der Waals surface area contributed by atoms with Crippen LogP contribution in [0.4, 0.5) is 0 Å². The minimum atomic E-state index is -0.379. The van der Waals surface area contributed by atoms with E-state index >= 15 is 0 Å². The third-order valence-electron chi connectivity index (χ3n) is 5.46. The van der Waals surface area contributed by atoms with Crippen molar-refractivity contribution in [3.63, 3.8) is 0 Å². The predicted octanol–water partition coefficient (Wildman–Crippen LogP) is 6.44. The second-order valence-electron chi connectivity index (χ2n) is 7.69. The van der Waals surface area contributed by atoms with Gasteiger partial charge in [-0.15, -0.1) is 0 Å². The maximum absolute atomic E-state index is 12.5. The number of fused-ring (bicyclic) bond motifs is 1. The highest BCUT2D eigenvalue weighted by molar-refractivity contribution is 6.31. The first-order valence-electron chi connectivity index (χ1n) is 10.7. The van der Waals surface area contributed by atoms with Gasteiger partial charge >= 0.3 is 5.97 Å². The minimum Gasteiger partial charge on any atom is -0.465 e. The lowest BCUT2D eigenvalue weighted by Gasteiger charge is -2.14. The maximum Gasteiger partial charge on any atom is 0.338 e. The molecule has 4 rings (SSSR count). The molecular formula is C28H24ClNO3. The normalized spacial score (nSPS) is 11.2. The van der Waals surface area contributed by atoms with E-state index in [4.69, 9.17) is 16.3 Å². The van der Waals surface area contributed by atoms with Crippen LogP contribution in [0.1, 0.15) is 33.6 Å². The van der Waals surface area contributed by atoms with Crippen LogP contribution in [-0.2, 0) is 11.2 Å². The Morgan fingerprint density at radius 1 is 1.03 bits per heavy atom. The first kappa shape index (κ1) is 22.7. The summed E-state index contributed by atoms with van der Waals surface area (Å²) in [7, 11) is 1.38. The van der Waals surface area contributed by atoms with Gasteiger partial charge in [0.1, 0.15) is 0 Å². The zero-order valence-electron chi connectivity index (χ0n) is 18.3. The van der Waals surface area contributed by atoms with Gasteiger partial charge in [0.15, 0.2) is 0 Å². The topological polar surface area (TPSA) is 59.4 Å². The summed E-state index contributed by atoms with van der Waals surface area (Å²) in [5, 5.41) is 11.0. The molecule has 0 atom stereocenters. The van der Waals surface area contributed by atoms with E-state index in [9.17, 15) is 9.90 Å². The number of carbonyl (C=O) groups excluding carboxylic acids is 1. The molecule has 166 valence electrons. The van der Waals surface area contributed by atoms with E-state index in [1.807, 2.05) is 78.9 Å². The van der Waals surface area contributed by atoms with Gasteiger partial charge in [0.05, 0.1) is 23.9 Å². The molecule has 0 aliphatic rings. The second-order valence-corrected chi connectivity index (χ2v) is 8.13. The van der Waals surface area contributed by atoms with Crippen LogP contribution >= 0.6 is 11.6 Å². The van der Waals surface area contributed by atoms with Crippen LogP contribution in [-0.4, -0.2) is 29.8 Å². The molecule has 0 fully saturated rings. The van der Waals surface area contributed by atoms with E-state index in [2.05, 4.69) is 4.98 Å². The number of aliphatic hydroxyl groups excluding tert-OH is 1. The zero-order chi connectivity index (χ0) is 23.2. The molecule has 33 heavy (non-hydrogen) atoms. The maximum atomic E-state index is 12.5. The average molecular weight is 458 g/mol. The number of carbonyl (C=O) groups is 1. The van der Waals surface area contributed by atoms with Crippen molar-refractivity contribution in [2.24, 2.45) is 0 Å². The fourth-order valence-electron chi connectivity index (χ4n) is 3.88. The average Bonchev–Trinajstić information content (AvgIpc) is 2.85. The molecule has 0 spiro atoms. The Morgan fingerprint density at radius 2 is 1.85 bits per heavy atom. The number of pyridine rings is 1. The molecular weight excluding hydrogens is 434 g/mol. The molecule has 1 N–H and O–H groups in total. The van der Waals surface area contributed by atoms with Crippen LogP contribution in [0.15, 0.2) is 72.8 Å². The third kappa shape index (κ3) is 5.30. The molecule has 0 radical (unpaired) electrons. The van der Waals surface area contributed by atoms with Gasteiger partial charge < -0.3 is 9.84 Å². The summed E-state index contributed by atoms with van der Waals surface area (Å²) < 4.78 is 5.02. The zero-order valence-corrected chi connectivity index (χ0v) is 19.0. The SMILES string of the molecule is COC(=O)c1cccc(CCCO)c1-c1cccc(C=Cc2ccc3ccc(Cl)cc3n2)c1. The Balaban J connectivity index is 1.70. The quantitative estimate of drug-likeness (QED) is 0.324. The summed E-state index contributed by atoms with van der Waals surface area (Å²) in [6.45, 7) is 0.0919. The highest BCUT2D eigenvalue weighted by Crippen LogP contribution is 2.31. The van der Waals surface area contributed by atoms with Crippen LogP contribution in [0, 0.1) is 0 Å². The lowest BCUT2D eigenvalue weighted by atomic mass is 9.91. The van der Waals surface area contributed by atoms with Crippen LogP contribution in [0.25, 0.3) is 34.2 Å². The molecule has 0 saturated carbocycles. The van der Waals surface area contributed by atoms with Gasteiger partial charge in [-0.25, -0.2) is 9.78 Å². The molecule has 0 aliphatic heterocycles. The number of hydrogen-bond acceptors (Lipinski definition) is 4. The van der Waals surface area contributed by atoms with Gasteiger partial charge in [0, 0.05) is 17.0 Å². The molecule has 0 amide bonds. The Bertz CT molecular complexity index is 1330. The number of halogens is 1. The summed E-state index contributed by atoms with van der Waals surface area (Å²) in [6, 6.07) is 23.3. The number of hydrogen-bond donors (Lipinski definition) is 1. The third-order valence-corrected chi connectivity index (χ3v) is 5.69. The largest absolute Gasteiger partial charge is 0.465 e. The van der Waals surface area contributed by atoms with E-state index in [0.29, 0.717) is 23.4 Å². The number of benzene rings is 3. The number of nitrogens with zero attached hydrogens (tertiary/aromatic N) is 1. The Morgan fingerprint density at radius 3 is 2.67 bits per heavy atom. The lowest BCUT2D eigenvalue weighted by molar-refractivity contribution is 0.0601. The number of aryl methyl sites for hydroxylation is 1. The number of ether oxygens (including phenoxy) is 1. The van der Waals surface area contributed by atoms with Crippen LogP contribution < -0.4 is 0 Å². The van der Waals surface area contributed by atoms with E-state index in [1.54, 1.807) is 6.07 Å². The van der Waals surface area contributed by atoms with Crippen LogP contribution in [0.2, 0.25) is 5.02 Å². The van der Waals surface area contributed by atoms with Crippen molar-refractivity contribution in [2.45, 2.75) is 12.8 Å². The molecule has 3 aromatic carbocycles. The van der Waals surface area contributed by atoms with Gasteiger partial charge in [-0.2, -0.15) is 0 Å². The first-order valence-corrected chi connectivity index (χ1v) is 11.1. The van der Waals surface area contributed by atoms with Gasteiger partial charge in [0.2, 0.25) is 0 Å². The number of methoxy groups -OCH3 is 1. The number of aliphatic hydroxyl groups is 1. The molecule has 0 aliphatic carbocycles. The molecule has 1 heterocycles. The number of aromatic nitrogens is 1. The van der Waals surface area contributed by atoms with Crippen molar-refractivity contribution in [2.75, 3.05) is 13.7 Å². The van der Waals surface area contributed by atoms with Crippen molar-refractivity contribution >= 4 is 40.6 Å². The molecule has 0 saturated heterocycles. The minimum absolute atomic E-state index is 0.0919. The van der Waals surface area contributed by atoms with Crippen LogP contribution in [0.3, 0.4) is 0 Å². The molecule has 5 heteroatoms. The number of rotatable bonds is 7. The van der Waals surface area contributed by atoms with Gasteiger partial charge in [-0.3, -0.25) is 0 Å².